The summed E-state index contributed by atoms with van der Waals surface area (Å²) < 4.78 is 43.0. The molecular formula is C19H19F3N2O3. The third kappa shape index (κ3) is 5.06. The lowest BCUT2D eigenvalue weighted by atomic mass is 10.1. The third-order valence-electron chi connectivity index (χ3n) is 4.06. The molecule has 27 heavy (non-hydrogen) atoms. The third-order valence-corrected chi connectivity index (χ3v) is 4.06. The number of pyridine rings is 1. The number of methoxy groups -OCH3 is 1. The Kier molecular flexibility index (Phi) is 6.20. The first-order valence-electron chi connectivity index (χ1n) is 8.09. The van der Waals surface area contributed by atoms with E-state index in [0.717, 1.165) is 23.3 Å². The molecule has 2 aromatic rings. The first kappa shape index (κ1) is 20.4. The Hall–Kier alpha value is -2.90. The number of aryl methyl sites for hydroxylation is 2. The van der Waals surface area contributed by atoms with Gasteiger partial charge in [-0.1, -0.05) is 24.3 Å². The highest BCUT2D eigenvalue weighted by Crippen LogP contribution is 2.28. The highest BCUT2D eigenvalue weighted by atomic mass is 19.4. The quantitative estimate of drug-likeness (QED) is 0.745. The lowest BCUT2D eigenvalue weighted by Gasteiger charge is -2.23. The van der Waals surface area contributed by atoms with E-state index in [0.29, 0.717) is 0 Å². The van der Waals surface area contributed by atoms with Crippen LogP contribution in [-0.4, -0.2) is 35.4 Å². The van der Waals surface area contributed by atoms with Gasteiger partial charge in [-0.25, -0.2) is 4.98 Å². The zero-order valence-corrected chi connectivity index (χ0v) is 15.1. The normalized spacial score (nSPS) is 11.2. The molecule has 5 nitrogen and oxygen atoms in total. The summed E-state index contributed by atoms with van der Waals surface area (Å²) in [5, 5.41) is 0. The predicted octanol–water partition coefficient (Wildman–Crippen LogP) is 3.53. The highest BCUT2D eigenvalue weighted by molar-refractivity contribution is 5.96. The number of halogens is 3. The van der Waals surface area contributed by atoms with Gasteiger partial charge in [0.1, 0.15) is 12.2 Å². The van der Waals surface area contributed by atoms with Crippen LogP contribution in [0.1, 0.15) is 32.9 Å². The second kappa shape index (κ2) is 8.20. The Balaban J connectivity index is 2.36. The number of alkyl halides is 3. The Labute approximate surface area is 154 Å². The van der Waals surface area contributed by atoms with Gasteiger partial charge in [0.05, 0.1) is 18.4 Å². The maximum absolute atomic E-state index is 12.9. The monoisotopic (exact) mass is 380 g/mol. The van der Waals surface area contributed by atoms with Crippen LogP contribution in [-0.2, 0) is 22.3 Å². The van der Waals surface area contributed by atoms with Gasteiger partial charge in [0.2, 0.25) is 0 Å². The molecule has 1 heterocycles. The van der Waals surface area contributed by atoms with E-state index < -0.39 is 23.7 Å². The fourth-order valence-corrected chi connectivity index (χ4v) is 2.53. The molecule has 0 N–H and O–H groups in total. The van der Waals surface area contributed by atoms with Gasteiger partial charge in [0.15, 0.2) is 0 Å². The molecule has 0 saturated carbocycles. The van der Waals surface area contributed by atoms with E-state index in [4.69, 9.17) is 0 Å². The first-order valence-corrected chi connectivity index (χ1v) is 8.09. The Morgan fingerprint density at radius 1 is 1.11 bits per heavy atom. The Morgan fingerprint density at radius 2 is 1.78 bits per heavy atom. The summed E-state index contributed by atoms with van der Waals surface area (Å²) in [6.07, 6.45) is -4.60. The van der Waals surface area contributed by atoms with Crippen LogP contribution >= 0.6 is 0 Å². The van der Waals surface area contributed by atoms with Crippen LogP contribution in [0.25, 0.3) is 0 Å². The molecule has 0 fully saturated rings. The number of hydrogen-bond acceptors (Lipinski definition) is 4. The van der Waals surface area contributed by atoms with Crippen LogP contribution in [0.15, 0.2) is 36.4 Å². The minimum absolute atomic E-state index is 0.000451. The topological polar surface area (TPSA) is 59.5 Å². The van der Waals surface area contributed by atoms with Crippen LogP contribution in [0.4, 0.5) is 13.2 Å². The van der Waals surface area contributed by atoms with E-state index in [9.17, 15) is 22.8 Å². The standard InChI is InChI=1S/C19H19F3N2O3/c1-12-6-4-5-7-14(12)10-24(11-17(25)27-3)18(26)15-8-9-16(19(20,21)22)23-13(15)2/h4-9H,10-11H2,1-3H3. The number of esters is 1. The summed E-state index contributed by atoms with van der Waals surface area (Å²) in [5.74, 6) is -1.23. The molecule has 1 aromatic carbocycles. The minimum atomic E-state index is -4.60. The molecule has 0 radical (unpaired) electrons. The molecule has 0 saturated heterocycles. The smallest absolute Gasteiger partial charge is 0.433 e. The molecule has 1 amide bonds. The molecule has 1 aromatic heterocycles. The van der Waals surface area contributed by atoms with Gasteiger partial charge in [-0.2, -0.15) is 13.2 Å². The van der Waals surface area contributed by atoms with Crippen LogP contribution in [0.5, 0.6) is 0 Å². The molecule has 8 heteroatoms. The molecule has 2 rings (SSSR count). The van der Waals surface area contributed by atoms with Crippen molar-refractivity contribution >= 4 is 11.9 Å². The van der Waals surface area contributed by atoms with Crippen molar-refractivity contribution < 1.29 is 27.5 Å². The van der Waals surface area contributed by atoms with Crippen molar-refractivity contribution in [1.82, 2.24) is 9.88 Å². The summed E-state index contributed by atoms with van der Waals surface area (Å²) in [6.45, 7) is 2.97. The van der Waals surface area contributed by atoms with Crippen LogP contribution in [0.3, 0.4) is 0 Å². The van der Waals surface area contributed by atoms with Crippen LogP contribution < -0.4 is 0 Å². The number of carbonyl (C=O) groups is 2. The highest BCUT2D eigenvalue weighted by Gasteiger charge is 2.33. The number of ether oxygens (including phenoxy) is 1. The molecular weight excluding hydrogens is 361 g/mol. The van der Waals surface area contributed by atoms with Crippen LogP contribution in [0, 0.1) is 13.8 Å². The van der Waals surface area contributed by atoms with Crippen molar-refractivity contribution in [2.24, 2.45) is 0 Å². The van der Waals surface area contributed by atoms with Gasteiger partial charge in [-0.15, -0.1) is 0 Å². The van der Waals surface area contributed by atoms with Gasteiger partial charge >= 0.3 is 12.1 Å². The van der Waals surface area contributed by atoms with Gasteiger partial charge in [-0.05, 0) is 37.1 Å². The zero-order chi connectivity index (χ0) is 20.2. The van der Waals surface area contributed by atoms with E-state index in [2.05, 4.69) is 9.72 Å². The van der Waals surface area contributed by atoms with Gasteiger partial charge in [0, 0.05) is 6.54 Å². The summed E-state index contributed by atoms with van der Waals surface area (Å²) >= 11 is 0. The zero-order valence-electron chi connectivity index (χ0n) is 15.1. The summed E-state index contributed by atoms with van der Waals surface area (Å²) in [5.41, 5.74) is 0.597. The van der Waals surface area contributed by atoms with E-state index >= 15 is 0 Å². The van der Waals surface area contributed by atoms with Gasteiger partial charge < -0.3 is 9.64 Å². The SMILES string of the molecule is COC(=O)CN(Cc1ccccc1C)C(=O)c1ccc(C(F)(F)F)nc1C. The number of amides is 1. The number of aromatic nitrogens is 1. The maximum atomic E-state index is 12.9. The first-order chi connectivity index (χ1) is 12.6. The maximum Gasteiger partial charge on any atom is 0.433 e. The average Bonchev–Trinajstić information content (AvgIpc) is 2.61. The fraction of sp³-hybridized carbons (Fsp3) is 0.316. The second-order valence-electron chi connectivity index (χ2n) is 5.99. The molecule has 0 aliphatic carbocycles. The Bertz CT molecular complexity index is 850. The van der Waals surface area contributed by atoms with Crippen molar-refractivity contribution in [3.05, 3.63) is 64.5 Å². The van der Waals surface area contributed by atoms with Crippen molar-refractivity contribution in [2.75, 3.05) is 13.7 Å². The van der Waals surface area contributed by atoms with E-state index in [1.807, 2.05) is 25.1 Å². The summed E-state index contributed by atoms with van der Waals surface area (Å²) in [4.78, 5) is 29.3. The van der Waals surface area contributed by atoms with E-state index in [1.165, 1.54) is 18.9 Å². The summed E-state index contributed by atoms with van der Waals surface area (Å²) in [6, 6.07) is 9.15. The van der Waals surface area contributed by atoms with Crippen molar-refractivity contribution in [2.45, 2.75) is 26.6 Å². The second-order valence-corrected chi connectivity index (χ2v) is 5.99. The number of hydrogen-bond donors (Lipinski definition) is 0. The predicted molar refractivity (Wildman–Crippen MR) is 91.9 cm³/mol. The number of rotatable bonds is 5. The van der Waals surface area contributed by atoms with Crippen molar-refractivity contribution in [1.29, 1.82) is 0 Å². The molecule has 0 unspecified atom stereocenters. The number of benzene rings is 1. The minimum Gasteiger partial charge on any atom is -0.468 e. The van der Waals surface area contributed by atoms with E-state index in [-0.39, 0.29) is 24.3 Å². The molecule has 0 aliphatic rings. The molecule has 0 spiro atoms. The number of carbonyl (C=O) groups excluding carboxylic acids is 2. The van der Waals surface area contributed by atoms with E-state index in [1.54, 1.807) is 6.07 Å². The van der Waals surface area contributed by atoms with Gasteiger partial charge in [-0.3, -0.25) is 9.59 Å². The largest absolute Gasteiger partial charge is 0.468 e. The van der Waals surface area contributed by atoms with Crippen molar-refractivity contribution in [3.63, 3.8) is 0 Å². The lowest BCUT2D eigenvalue weighted by Crippen LogP contribution is -2.36. The average molecular weight is 380 g/mol. The van der Waals surface area contributed by atoms with Crippen LogP contribution in [0.2, 0.25) is 0 Å². The number of nitrogens with zero attached hydrogens (tertiary/aromatic N) is 2. The fourth-order valence-electron chi connectivity index (χ4n) is 2.53. The lowest BCUT2D eigenvalue weighted by molar-refractivity contribution is -0.142. The molecule has 144 valence electrons. The molecule has 0 aliphatic heterocycles. The van der Waals surface area contributed by atoms with Gasteiger partial charge in [0.25, 0.3) is 5.91 Å². The summed E-state index contributed by atoms with van der Waals surface area (Å²) in [7, 11) is 1.20. The van der Waals surface area contributed by atoms with Crippen molar-refractivity contribution in [3.8, 4) is 0 Å². The Morgan fingerprint density at radius 3 is 2.33 bits per heavy atom. The molecule has 0 bridgehead atoms. The molecule has 0 atom stereocenters.